The molecule has 1 aromatic rings. The monoisotopic (exact) mass is 191 g/mol. The van der Waals surface area contributed by atoms with E-state index in [1.807, 2.05) is 0 Å². The molecular weight excluding hydrogens is 170 g/mol. The summed E-state index contributed by atoms with van der Waals surface area (Å²) in [6, 6.07) is 8.95. The van der Waals surface area contributed by atoms with E-state index < -0.39 is 0 Å². The Morgan fingerprint density at radius 3 is 2.14 bits per heavy atom. The van der Waals surface area contributed by atoms with E-state index in [1.54, 1.807) is 0 Å². The average Bonchev–Trinajstić information content (AvgIpc) is 2.18. The largest absolute Gasteiger partial charge is 0.302 e. The van der Waals surface area contributed by atoms with Gasteiger partial charge in [-0.2, -0.15) is 0 Å². The molecule has 78 valence electrons. The lowest BCUT2D eigenvalue weighted by molar-refractivity contribution is 0.346. The first-order chi connectivity index (χ1) is 6.63. The minimum absolute atomic E-state index is 0.632. The molecule has 1 aromatic carbocycles. The summed E-state index contributed by atoms with van der Waals surface area (Å²) < 4.78 is 0. The van der Waals surface area contributed by atoms with Crippen LogP contribution in [0.3, 0.4) is 0 Å². The summed E-state index contributed by atoms with van der Waals surface area (Å²) in [7, 11) is 2.15. The topological polar surface area (TPSA) is 3.24 Å². The molecule has 0 unspecified atom stereocenters. The molecule has 1 rings (SSSR count). The van der Waals surface area contributed by atoms with E-state index in [0.29, 0.717) is 5.92 Å². The van der Waals surface area contributed by atoms with Crippen molar-refractivity contribution in [1.82, 2.24) is 4.90 Å². The third-order valence-corrected chi connectivity index (χ3v) is 2.64. The molecule has 0 aliphatic carbocycles. The summed E-state index contributed by atoms with van der Waals surface area (Å²) in [6.07, 6.45) is 0. The first-order valence-corrected chi connectivity index (χ1v) is 5.41. The molecule has 0 atom stereocenters. The molecule has 0 saturated heterocycles. The van der Waals surface area contributed by atoms with E-state index in [4.69, 9.17) is 0 Å². The predicted molar refractivity (Wildman–Crippen MR) is 62.5 cm³/mol. The van der Waals surface area contributed by atoms with E-state index in [-0.39, 0.29) is 0 Å². The summed E-state index contributed by atoms with van der Waals surface area (Å²) >= 11 is 0. The van der Waals surface area contributed by atoms with Gasteiger partial charge in [0.1, 0.15) is 0 Å². The van der Waals surface area contributed by atoms with Crippen LogP contribution in [0.25, 0.3) is 0 Å². The van der Waals surface area contributed by atoms with Crippen LogP contribution in [0.5, 0.6) is 0 Å². The molecule has 0 saturated carbocycles. The fourth-order valence-corrected chi connectivity index (χ4v) is 1.43. The maximum Gasteiger partial charge on any atom is 0.0230 e. The summed E-state index contributed by atoms with van der Waals surface area (Å²) in [5, 5.41) is 0. The summed E-state index contributed by atoms with van der Waals surface area (Å²) in [5.74, 6) is 0.632. The van der Waals surface area contributed by atoms with Crippen LogP contribution in [0.4, 0.5) is 0 Å². The number of hydrogen-bond acceptors (Lipinski definition) is 1. The van der Waals surface area contributed by atoms with Crippen molar-refractivity contribution in [2.75, 3.05) is 13.6 Å². The van der Waals surface area contributed by atoms with E-state index in [1.165, 1.54) is 11.1 Å². The number of nitrogens with zero attached hydrogens (tertiary/aromatic N) is 1. The Balaban J connectivity index is 2.64. The van der Waals surface area contributed by atoms with Crippen LogP contribution in [0, 0.1) is 0 Å². The van der Waals surface area contributed by atoms with Crippen LogP contribution in [0.15, 0.2) is 24.3 Å². The quantitative estimate of drug-likeness (QED) is 0.706. The maximum atomic E-state index is 2.31. The first kappa shape index (κ1) is 11.3. The molecule has 0 bridgehead atoms. The molecule has 0 aliphatic heterocycles. The van der Waals surface area contributed by atoms with Crippen LogP contribution < -0.4 is 0 Å². The molecule has 1 heteroatoms. The second-order valence-electron chi connectivity index (χ2n) is 4.23. The van der Waals surface area contributed by atoms with Crippen LogP contribution in [0.2, 0.25) is 0 Å². The maximum absolute atomic E-state index is 2.31. The molecule has 0 spiro atoms. The van der Waals surface area contributed by atoms with Gasteiger partial charge >= 0.3 is 0 Å². The van der Waals surface area contributed by atoms with Gasteiger partial charge in [-0.3, -0.25) is 0 Å². The molecular formula is C13H21N. The van der Waals surface area contributed by atoms with Gasteiger partial charge in [-0.1, -0.05) is 45.0 Å². The van der Waals surface area contributed by atoms with E-state index >= 15 is 0 Å². The zero-order chi connectivity index (χ0) is 10.6. The van der Waals surface area contributed by atoms with Crippen LogP contribution >= 0.6 is 0 Å². The van der Waals surface area contributed by atoms with Crippen molar-refractivity contribution in [2.24, 2.45) is 0 Å². The lowest BCUT2D eigenvalue weighted by Gasteiger charge is -2.14. The molecule has 0 aliphatic rings. The third kappa shape index (κ3) is 3.15. The van der Waals surface area contributed by atoms with Crippen LogP contribution in [-0.4, -0.2) is 18.5 Å². The molecule has 0 radical (unpaired) electrons. The van der Waals surface area contributed by atoms with Crippen molar-refractivity contribution in [1.29, 1.82) is 0 Å². The first-order valence-electron chi connectivity index (χ1n) is 5.41. The summed E-state index contributed by atoms with van der Waals surface area (Å²) in [6.45, 7) is 8.80. The number of hydrogen-bond donors (Lipinski definition) is 0. The van der Waals surface area contributed by atoms with Crippen molar-refractivity contribution in [3.8, 4) is 0 Å². The van der Waals surface area contributed by atoms with Crippen molar-refractivity contribution < 1.29 is 0 Å². The fraction of sp³-hybridized carbons (Fsp3) is 0.538. The van der Waals surface area contributed by atoms with Crippen LogP contribution in [-0.2, 0) is 6.54 Å². The summed E-state index contributed by atoms with van der Waals surface area (Å²) in [5.41, 5.74) is 2.83. The highest BCUT2D eigenvalue weighted by atomic mass is 15.1. The third-order valence-electron chi connectivity index (χ3n) is 2.64. The standard InChI is InChI=1S/C13H21N/c1-5-14(4)10-12-6-8-13(9-7-12)11(2)3/h6-9,11H,5,10H2,1-4H3. The van der Waals surface area contributed by atoms with Crippen molar-refractivity contribution >= 4 is 0 Å². The molecule has 0 N–H and O–H groups in total. The zero-order valence-corrected chi connectivity index (χ0v) is 9.75. The van der Waals surface area contributed by atoms with Crippen molar-refractivity contribution in [3.05, 3.63) is 35.4 Å². The Labute approximate surface area is 87.7 Å². The van der Waals surface area contributed by atoms with Gasteiger partial charge in [0, 0.05) is 6.54 Å². The van der Waals surface area contributed by atoms with Gasteiger partial charge in [-0.15, -0.1) is 0 Å². The SMILES string of the molecule is CCN(C)Cc1ccc(C(C)C)cc1. The molecule has 14 heavy (non-hydrogen) atoms. The average molecular weight is 191 g/mol. The van der Waals surface area contributed by atoms with Crippen LogP contribution in [0.1, 0.15) is 37.8 Å². The Morgan fingerprint density at radius 2 is 1.71 bits per heavy atom. The normalized spacial score (nSPS) is 11.3. The van der Waals surface area contributed by atoms with Gasteiger partial charge in [-0.05, 0) is 30.6 Å². The van der Waals surface area contributed by atoms with Gasteiger partial charge in [0.15, 0.2) is 0 Å². The highest BCUT2D eigenvalue weighted by Crippen LogP contribution is 2.15. The molecule has 0 aromatic heterocycles. The fourth-order valence-electron chi connectivity index (χ4n) is 1.43. The second-order valence-corrected chi connectivity index (χ2v) is 4.23. The predicted octanol–water partition coefficient (Wildman–Crippen LogP) is 3.26. The smallest absolute Gasteiger partial charge is 0.0230 e. The minimum Gasteiger partial charge on any atom is -0.302 e. The highest BCUT2D eigenvalue weighted by Gasteiger charge is 2.00. The Kier molecular flexibility index (Phi) is 4.15. The van der Waals surface area contributed by atoms with Gasteiger partial charge in [0.05, 0.1) is 0 Å². The Morgan fingerprint density at radius 1 is 1.14 bits per heavy atom. The lowest BCUT2D eigenvalue weighted by atomic mass is 10.0. The van der Waals surface area contributed by atoms with Gasteiger partial charge in [0.2, 0.25) is 0 Å². The van der Waals surface area contributed by atoms with Gasteiger partial charge < -0.3 is 4.90 Å². The Bertz CT molecular complexity index is 261. The molecule has 1 nitrogen and oxygen atoms in total. The van der Waals surface area contributed by atoms with Gasteiger partial charge in [-0.25, -0.2) is 0 Å². The molecule has 0 fully saturated rings. The van der Waals surface area contributed by atoms with Crippen molar-refractivity contribution in [3.63, 3.8) is 0 Å². The Hall–Kier alpha value is -0.820. The van der Waals surface area contributed by atoms with E-state index in [2.05, 4.69) is 57.0 Å². The number of benzene rings is 1. The van der Waals surface area contributed by atoms with E-state index in [0.717, 1.165) is 13.1 Å². The lowest BCUT2D eigenvalue weighted by Crippen LogP contribution is -2.16. The number of rotatable bonds is 4. The van der Waals surface area contributed by atoms with Gasteiger partial charge in [0.25, 0.3) is 0 Å². The summed E-state index contributed by atoms with van der Waals surface area (Å²) in [4.78, 5) is 2.31. The molecule has 0 amide bonds. The zero-order valence-electron chi connectivity index (χ0n) is 9.75. The minimum atomic E-state index is 0.632. The van der Waals surface area contributed by atoms with Crippen molar-refractivity contribution in [2.45, 2.75) is 33.2 Å². The molecule has 0 heterocycles. The van der Waals surface area contributed by atoms with E-state index in [9.17, 15) is 0 Å². The highest BCUT2D eigenvalue weighted by molar-refractivity contribution is 5.24. The second kappa shape index (κ2) is 5.16.